The molecule has 1 fully saturated rings. The highest BCUT2D eigenvalue weighted by atomic mass is 32.2. The molecule has 0 radical (unpaired) electrons. The maximum atomic E-state index is 12.8. The lowest BCUT2D eigenvalue weighted by Gasteiger charge is -2.34. The van der Waals surface area contributed by atoms with Crippen LogP contribution in [-0.4, -0.2) is 48.5 Å². The Balaban J connectivity index is 2.22. The monoisotopic (exact) mass is 314 g/mol. The third-order valence-electron chi connectivity index (χ3n) is 4.48. The number of rotatable bonds is 5. The summed E-state index contributed by atoms with van der Waals surface area (Å²) >= 11 is 0. The number of piperidine rings is 1. The fourth-order valence-electron chi connectivity index (χ4n) is 2.89. The molecule has 2 atom stereocenters. The Hall–Kier alpha value is -0.920. The molecule has 2 heterocycles. The van der Waals surface area contributed by atoms with Crippen LogP contribution >= 0.6 is 0 Å². The number of hydrogen-bond donors (Lipinski definition) is 1. The smallest absolute Gasteiger partial charge is 0.262 e. The minimum absolute atomic E-state index is 0.180. The largest absolute Gasteiger partial charge is 0.334 e. The number of nitrogens with one attached hydrogen (secondary N) is 1. The summed E-state index contributed by atoms with van der Waals surface area (Å²) in [4.78, 5) is 4.24. The van der Waals surface area contributed by atoms with Crippen LogP contribution in [0, 0.1) is 12.8 Å². The van der Waals surface area contributed by atoms with Crippen molar-refractivity contribution in [1.82, 2.24) is 19.2 Å². The van der Waals surface area contributed by atoms with E-state index in [-0.39, 0.29) is 5.03 Å². The van der Waals surface area contributed by atoms with Crippen LogP contribution in [0.4, 0.5) is 0 Å². The van der Waals surface area contributed by atoms with Gasteiger partial charge in [-0.25, -0.2) is 13.4 Å². The fourth-order valence-corrected chi connectivity index (χ4v) is 4.42. The van der Waals surface area contributed by atoms with Gasteiger partial charge in [0.2, 0.25) is 0 Å². The molecule has 2 unspecified atom stereocenters. The van der Waals surface area contributed by atoms with Gasteiger partial charge in [-0.1, -0.05) is 0 Å². The predicted octanol–water partition coefficient (Wildman–Crippen LogP) is 1.22. The molecule has 1 saturated heterocycles. The zero-order valence-corrected chi connectivity index (χ0v) is 14.2. The van der Waals surface area contributed by atoms with Crippen molar-refractivity contribution in [2.24, 2.45) is 5.92 Å². The molecule has 6 nitrogen and oxygen atoms in total. The Morgan fingerprint density at radius 2 is 2.24 bits per heavy atom. The van der Waals surface area contributed by atoms with E-state index >= 15 is 0 Å². The Morgan fingerprint density at radius 3 is 2.81 bits per heavy atom. The summed E-state index contributed by atoms with van der Waals surface area (Å²) in [6.07, 6.45) is 3.62. The van der Waals surface area contributed by atoms with Crippen molar-refractivity contribution in [1.29, 1.82) is 0 Å². The first-order valence-electron chi connectivity index (χ1n) is 7.61. The van der Waals surface area contributed by atoms with Crippen LogP contribution in [0.3, 0.4) is 0 Å². The molecule has 2 rings (SSSR count). The quantitative estimate of drug-likeness (QED) is 0.887. The van der Waals surface area contributed by atoms with Crippen molar-refractivity contribution < 1.29 is 8.42 Å². The van der Waals surface area contributed by atoms with Gasteiger partial charge in [-0.15, -0.1) is 0 Å². The fraction of sp³-hybridized carbons (Fsp3) is 0.786. The molecule has 1 N–H and O–H groups in total. The summed E-state index contributed by atoms with van der Waals surface area (Å²) in [5.41, 5.74) is 0. The van der Waals surface area contributed by atoms with Gasteiger partial charge in [-0.3, -0.25) is 0 Å². The van der Waals surface area contributed by atoms with Crippen LogP contribution in [0.5, 0.6) is 0 Å². The van der Waals surface area contributed by atoms with E-state index in [1.807, 2.05) is 25.5 Å². The van der Waals surface area contributed by atoms with E-state index in [1.165, 1.54) is 0 Å². The Labute approximate surface area is 127 Å². The van der Waals surface area contributed by atoms with Crippen molar-refractivity contribution in [3.63, 3.8) is 0 Å². The summed E-state index contributed by atoms with van der Waals surface area (Å²) in [7, 11) is -1.55. The minimum Gasteiger partial charge on any atom is -0.334 e. The summed E-state index contributed by atoms with van der Waals surface area (Å²) < 4.78 is 29.0. The normalized spacial score (nSPS) is 22.4. The standard InChI is InChI=1S/C14H26N4O2S/c1-5-17-10-14(16-12(17)3)21(19,20)18-8-6-7-13(9-18)11(2)15-4/h10-11,13,15H,5-9H2,1-4H3. The first-order valence-corrected chi connectivity index (χ1v) is 9.05. The van der Waals surface area contributed by atoms with Crippen molar-refractivity contribution in [3.8, 4) is 0 Å². The molecule has 0 aromatic carbocycles. The maximum Gasteiger partial charge on any atom is 0.262 e. The third kappa shape index (κ3) is 3.30. The van der Waals surface area contributed by atoms with E-state index in [0.29, 0.717) is 25.0 Å². The van der Waals surface area contributed by atoms with Gasteiger partial charge in [0.15, 0.2) is 5.03 Å². The SMILES string of the molecule is CCn1cc(S(=O)(=O)N2CCCC(C(C)NC)C2)nc1C. The van der Waals surface area contributed by atoms with Crippen molar-refractivity contribution in [2.45, 2.75) is 51.2 Å². The van der Waals surface area contributed by atoms with E-state index in [1.54, 1.807) is 10.5 Å². The maximum absolute atomic E-state index is 12.8. The van der Waals surface area contributed by atoms with E-state index in [9.17, 15) is 8.42 Å². The molecule has 120 valence electrons. The second kappa shape index (κ2) is 6.46. The molecule has 1 aromatic heterocycles. The van der Waals surface area contributed by atoms with Gasteiger partial charge in [-0.2, -0.15) is 4.31 Å². The topological polar surface area (TPSA) is 67.2 Å². The number of sulfonamides is 1. The van der Waals surface area contributed by atoms with Crippen LogP contribution in [0.25, 0.3) is 0 Å². The Morgan fingerprint density at radius 1 is 1.52 bits per heavy atom. The van der Waals surface area contributed by atoms with Gasteiger partial charge in [0.05, 0.1) is 0 Å². The van der Waals surface area contributed by atoms with E-state index < -0.39 is 10.0 Å². The van der Waals surface area contributed by atoms with Crippen LogP contribution in [0.1, 0.15) is 32.5 Å². The molecule has 1 aliphatic rings. The molecular formula is C14H26N4O2S. The molecule has 1 aromatic rings. The van der Waals surface area contributed by atoms with Crippen LogP contribution < -0.4 is 5.32 Å². The summed E-state index contributed by atoms with van der Waals surface area (Å²) in [5.74, 6) is 1.10. The Kier molecular flexibility index (Phi) is 5.06. The number of imidazole rings is 1. The lowest BCUT2D eigenvalue weighted by molar-refractivity contribution is 0.228. The molecule has 21 heavy (non-hydrogen) atoms. The van der Waals surface area contributed by atoms with Crippen molar-refractivity contribution in [2.75, 3.05) is 20.1 Å². The van der Waals surface area contributed by atoms with Gasteiger partial charge in [-0.05, 0) is 46.6 Å². The number of nitrogens with zero attached hydrogens (tertiary/aromatic N) is 3. The molecule has 0 spiro atoms. The van der Waals surface area contributed by atoms with Gasteiger partial charge < -0.3 is 9.88 Å². The first kappa shape index (κ1) is 16.5. The first-order chi connectivity index (χ1) is 9.90. The minimum atomic E-state index is -3.47. The third-order valence-corrected chi connectivity index (χ3v) is 6.22. The van der Waals surface area contributed by atoms with E-state index in [0.717, 1.165) is 25.2 Å². The second-order valence-corrected chi connectivity index (χ2v) is 7.64. The highest BCUT2D eigenvalue weighted by molar-refractivity contribution is 7.89. The molecule has 0 aliphatic carbocycles. The highest BCUT2D eigenvalue weighted by Crippen LogP contribution is 2.25. The van der Waals surface area contributed by atoms with E-state index in [2.05, 4.69) is 17.2 Å². The zero-order valence-electron chi connectivity index (χ0n) is 13.3. The number of aryl methyl sites for hydroxylation is 2. The predicted molar refractivity (Wildman–Crippen MR) is 82.6 cm³/mol. The number of hydrogen-bond acceptors (Lipinski definition) is 4. The number of aromatic nitrogens is 2. The second-order valence-electron chi connectivity index (χ2n) is 5.76. The van der Waals surface area contributed by atoms with Crippen LogP contribution in [-0.2, 0) is 16.6 Å². The average molecular weight is 314 g/mol. The van der Waals surface area contributed by atoms with Crippen LogP contribution in [0.2, 0.25) is 0 Å². The van der Waals surface area contributed by atoms with Gasteiger partial charge in [0.25, 0.3) is 10.0 Å². The summed E-state index contributed by atoms with van der Waals surface area (Å²) in [6, 6.07) is 0.318. The van der Waals surface area contributed by atoms with E-state index in [4.69, 9.17) is 0 Å². The molecule has 7 heteroatoms. The molecular weight excluding hydrogens is 288 g/mol. The molecule has 0 amide bonds. The Bertz CT molecular complexity index is 582. The molecule has 0 saturated carbocycles. The molecule has 0 bridgehead atoms. The lowest BCUT2D eigenvalue weighted by atomic mass is 9.93. The summed E-state index contributed by atoms with van der Waals surface area (Å²) in [5, 5.41) is 3.41. The summed E-state index contributed by atoms with van der Waals surface area (Å²) in [6.45, 7) is 7.82. The zero-order chi connectivity index (χ0) is 15.6. The van der Waals surface area contributed by atoms with Crippen molar-refractivity contribution >= 4 is 10.0 Å². The average Bonchev–Trinajstić information content (AvgIpc) is 2.88. The van der Waals surface area contributed by atoms with Crippen molar-refractivity contribution in [3.05, 3.63) is 12.0 Å². The molecule has 1 aliphatic heterocycles. The van der Waals surface area contributed by atoms with Gasteiger partial charge in [0.1, 0.15) is 5.82 Å². The highest BCUT2D eigenvalue weighted by Gasteiger charge is 2.33. The van der Waals surface area contributed by atoms with Gasteiger partial charge >= 0.3 is 0 Å². The van der Waals surface area contributed by atoms with Crippen LogP contribution in [0.15, 0.2) is 11.2 Å². The lowest BCUT2D eigenvalue weighted by Crippen LogP contribution is -2.45. The van der Waals surface area contributed by atoms with Gasteiger partial charge in [0, 0.05) is 31.9 Å².